The van der Waals surface area contributed by atoms with Gasteiger partial charge >= 0.3 is 11.3 Å². The molecule has 0 radical (unpaired) electrons. The number of phenolic OH excluding ortho intramolecular Hbond substituents is 1. The van der Waals surface area contributed by atoms with Crippen molar-refractivity contribution in [1.82, 2.24) is 10.1 Å². The minimum atomic E-state index is -1.75. The SMILES string of the molecule is Cc1ccc(N(C)S(=O)Oc2ccc(N=Nc3c(C)cc4cc(C)c(N=Nc5ccccc5-c5nc(C)no5)c(O)c4c3N)cc2)cc1. The number of phenols is 1. The van der Waals surface area contributed by atoms with Crippen LogP contribution in [0.1, 0.15) is 22.5 Å². The van der Waals surface area contributed by atoms with Crippen molar-refractivity contribution < 1.29 is 18.0 Å². The van der Waals surface area contributed by atoms with Gasteiger partial charge < -0.3 is 19.5 Å². The van der Waals surface area contributed by atoms with Crippen LogP contribution in [0.2, 0.25) is 0 Å². The second-order valence-electron chi connectivity index (χ2n) is 11.1. The summed E-state index contributed by atoms with van der Waals surface area (Å²) in [5.41, 5.74) is 12.5. The number of nitrogens with zero attached hydrogens (tertiary/aromatic N) is 7. The lowest BCUT2D eigenvalue weighted by atomic mass is 9.99. The minimum Gasteiger partial charge on any atom is -0.505 e. The van der Waals surface area contributed by atoms with E-state index < -0.39 is 11.3 Å². The lowest BCUT2D eigenvalue weighted by molar-refractivity contribution is 0.425. The summed E-state index contributed by atoms with van der Waals surface area (Å²) in [6, 6.07) is 25.4. The molecule has 0 bridgehead atoms. The van der Waals surface area contributed by atoms with Gasteiger partial charge in [-0.05, 0) is 105 Å². The Morgan fingerprint density at radius 3 is 2.21 bits per heavy atom. The number of benzene rings is 5. The highest BCUT2D eigenvalue weighted by atomic mass is 32.2. The molecule has 0 spiro atoms. The largest absolute Gasteiger partial charge is 0.505 e. The Morgan fingerprint density at radius 2 is 1.52 bits per heavy atom. The van der Waals surface area contributed by atoms with E-state index in [1.54, 1.807) is 50.4 Å². The number of aromatic hydroxyl groups is 1. The minimum absolute atomic E-state index is 0.126. The van der Waals surface area contributed by atoms with E-state index in [0.717, 1.165) is 22.2 Å². The number of rotatable bonds is 9. The molecule has 0 aliphatic heterocycles. The fraction of sp³-hybridized carbons (Fsp3) is 0.143. The normalized spacial score (nSPS) is 12.3. The Kier molecular flexibility index (Phi) is 8.95. The molecule has 0 amide bonds. The molecule has 3 N–H and O–H groups in total. The molecule has 242 valence electrons. The van der Waals surface area contributed by atoms with Crippen molar-refractivity contribution in [3.63, 3.8) is 0 Å². The number of aromatic nitrogens is 2. The summed E-state index contributed by atoms with van der Waals surface area (Å²) in [6.45, 7) is 7.43. The molecule has 0 aliphatic rings. The molecule has 6 rings (SSSR count). The quantitative estimate of drug-likeness (QED) is 0.115. The number of nitrogens with two attached hydrogens (primary N) is 1. The zero-order valence-electron chi connectivity index (χ0n) is 26.9. The molecule has 1 heterocycles. The average Bonchev–Trinajstić information content (AvgIpc) is 3.51. The van der Waals surface area contributed by atoms with E-state index in [4.69, 9.17) is 14.4 Å². The second-order valence-corrected chi connectivity index (χ2v) is 12.3. The number of fused-ring (bicyclic) bond motifs is 1. The molecule has 0 fully saturated rings. The van der Waals surface area contributed by atoms with E-state index >= 15 is 0 Å². The molecule has 1 aromatic heterocycles. The molecule has 48 heavy (non-hydrogen) atoms. The van der Waals surface area contributed by atoms with Crippen molar-refractivity contribution in [2.45, 2.75) is 27.7 Å². The Morgan fingerprint density at radius 1 is 0.854 bits per heavy atom. The van der Waals surface area contributed by atoms with Gasteiger partial charge in [0.15, 0.2) is 11.6 Å². The van der Waals surface area contributed by atoms with Gasteiger partial charge in [0.1, 0.15) is 17.1 Å². The van der Waals surface area contributed by atoms with Crippen LogP contribution in [0.5, 0.6) is 11.5 Å². The van der Waals surface area contributed by atoms with Gasteiger partial charge in [-0.2, -0.15) is 14.3 Å². The molecule has 1 atom stereocenters. The van der Waals surface area contributed by atoms with E-state index in [1.807, 2.05) is 69.3 Å². The molecule has 1 unspecified atom stereocenters. The van der Waals surface area contributed by atoms with Gasteiger partial charge in [0.2, 0.25) is 0 Å². The van der Waals surface area contributed by atoms with Crippen LogP contribution in [0, 0.1) is 27.7 Å². The smallest absolute Gasteiger partial charge is 0.318 e. The maximum Gasteiger partial charge on any atom is 0.318 e. The average molecular weight is 661 g/mol. The fourth-order valence-electron chi connectivity index (χ4n) is 5.01. The standard InChI is InChI=1S/C35H32N8O4S/c1-20-10-14-26(15-11-20)43(5)48(45)47-27-16-12-25(13-17-27)38-40-32-21(2)18-24-19-22(3)33(34(44)30(24)31(32)36)41-39-29-9-7-6-8-28(29)35-37-23(4)42-46-35/h6-19,44H,36H2,1-5H3. The Bertz CT molecular complexity index is 2210. The van der Waals surface area contributed by atoms with Gasteiger partial charge in [0, 0.05) is 7.05 Å². The summed E-state index contributed by atoms with van der Waals surface area (Å²) in [7, 11) is 1.70. The van der Waals surface area contributed by atoms with Gasteiger partial charge in [-0.3, -0.25) is 4.31 Å². The van der Waals surface area contributed by atoms with E-state index in [0.29, 0.717) is 51.0 Å². The van der Waals surface area contributed by atoms with Crippen LogP contribution in [-0.2, 0) is 11.3 Å². The first-order valence-corrected chi connectivity index (χ1v) is 15.9. The third kappa shape index (κ3) is 6.62. The van der Waals surface area contributed by atoms with Crippen LogP contribution in [0.3, 0.4) is 0 Å². The van der Waals surface area contributed by atoms with Gasteiger partial charge in [-0.1, -0.05) is 35.0 Å². The summed E-state index contributed by atoms with van der Waals surface area (Å²) in [5.74, 6) is 1.10. The Hall–Kier alpha value is -5.95. The Balaban J connectivity index is 1.24. The third-order valence-corrected chi connectivity index (χ3v) is 8.57. The van der Waals surface area contributed by atoms with E-state index in [2.05, 4.69) is 30.6 Å². The number of hydrogen-bond acceptors (Lipinski definition) is 11. The van der Waals surface area contributed by atoms with Gasteiger partial charge in [-0.15, -0.1) is 15.3 Å². The predicted molar refractivity (Wildman–Crippen MR) is 187 cm³/mol. The van der Waals surface area contributed by atoms with E-state index in [9.17, 15) is 9.32 Å². The third-order valence-electron chi connectivity index (χ3n) is 7.58. The van der Waals surface area contributed by atoms with Gasteiger partial charge in [0.25, 0.3) is 5.89 Å². The zero-order chi connectivity index (χ0) is 33.9. The molecule has 0 saturated heterocycles. The fourth-order valence-corrected chi connectivity index (χ4v) is 5.69. The first kappa shape index (κ1) is 32.0. The van der Waals surface area contributed by atoms with Crippen LogP contribution in [0.15, 0.2) is 110 Å². The lowest BCUT2D eigenvalue weighted by Crippen LogP contribution is -2.24. The summed E-state index contributed by atoms with van der Waals surface area (Å²) in [5, 5.41) is 34.0. The molecule has 0 aliphatic carbocycles. The monoisotopic (exact) mass is 660 g/mol. The Labute approximate surface area is 279 Å². The van der Waals surface area contributed by atoms with E-state index in [1.165, 1.54) is 4.31 Å². The van der Waals surface area contributed by atoms with Crippen LogP contribution in [0.25, 0.3) is 22.2 Å². The van der Waals surface area contributed by atoms with Crippen molar-refractivity contribution in [2.75, 3.05) is 17.1 Å². The van der Waals surface area contributed by atoms with Crippen LogP contribution < -0.4 is 14.2 Å². The topological polar surface area (TPSA) is 164 Å². The molecular weight excluding hydrogens is 629 g/mol. The van der Waals surface area contributed by atoms with Crippen LogP contribution in [0.4, 0.5) is 34.1 Å². The summed E-state index contributed by atoms with van der Waals surface area (Å²) >= 11 is -1.75. The molecule has 0 saturated carbocycles. The number of anilines is 2. The van der Waals surface area contributed by atoms with Crippen molar-refractivity contribution in [2.24, 2.45) is 20.5 Å². The van der Waals surface area contributed by atoms with Crippen LogP contribution in [-0.4, -0.2) is 26.5 Å². The highest BCUT2D eigenvalue weighted by molar-refractivity contribution is 7.82. The van der Waals surface area contributed by atoms with Gasteiger partial charge in [0.05, 0.1) is 33.7 Å². The van der Waals surface area contributed by atoms with E-state index in [-0.39, 0.29) is 17.1 Å². The number of nitrogen functional groups attached to an aromatic ring is 1. The number of azo groups is 2. The predicted octanol–water partition coefficient (Wildman–Crippen LogP) is 9.34. The zero-order valence-corrected chi connectivity index (χ0v) is 27.7. The highest BCUT2D eigenvalue weighted by Gasteiger charge is 2.18. The first-order chi connectivity index (χ1) is 23.1. The van der Waals surface area contributed by atoms with Crippen molar-refractivity contribution in [3.8, 4) is 23.0 Å². The summed E-state index contributed by atoms with van der Waals surface area (Å²) < 4.78 is 25.2. The lowest BCUT2D eigenvalue weighted by Gasteiger charge is -2.17. The first-order valence-electron chi connectivity index (χ1n) is 14.9. The molecule has 12 nitrogen and oxygen atoms in total. The van der Waals surface area contributed by atoms with Gasteiger partial charge in [-0.25, -0.2) is 0 Å². The molecule has 13 heteroatoms. The van der Waals surface area contributed by atoms with Crippen LogP contribution >= 0.6 is 0 Å². The molecule has 6 aromatic rings. The summed E-state index contributed by atoms with van der Waals surface area (Å²) in [6.07, 6.45) is 0. The van der Waals surface area contributed by atoms with Crippen molar-refractivity contribution in [1.29, 1.82) is 0 Å². The number of hydrogen-bond donors (Lipinski definition) is 2. The maximum absolute atomic E-state index is 12.8. The maximum atomic E-state index is 12.8. The number of aryl methyl sites for hydroxylation is 4. The second kappa shape index (κ2) is 13.4. The highest BCUT2D eigenvalue weighted by Crippen LogP contribution is 2.46. The van der Waals surface area contributed by atoms with Crippen molar-refractivity contribution >= 4 is 56.2 Å². The van der Waals surface area contributed by atoms with Crippen molar-refractivity contribution in [3.05, 3.63) is 107 Å². The summed E-state index contributed by atoms with van der Waals surface area (Å²) in [4.78, 5) is 4.29. The molecular formula is C35H32N8O4S. The molecule has 5 aromatic carbocycles.